The quantitative estimate of drug-likeness (QED) is 0.856. The lowest BCUT2D eigenvalue weighted by molar-refractivity contribution is -0.121. The topological polar surface area (TPSA) is 58.6 Å². The molecule has 20 heavy (non-hydrogen) atoms. The zero-order valence-electron chi connectivity index (χ0n) is 11.7. The van der Waals surface area contributed by atoms with Crippen LogP contribution in [0.5, 0.6) is 5.75 Å². The van der Waals surface area contributed by atoms with Crippen LogP contribution in [0.2, 0.25) is 0 Å². The first-order valence-corrected chi connectivity index (χ1v) is 6.52. The lowest BCUT2D eigenvalue weighted by Gasteiger charge is -2.28. The third-order valence-electron chi connectivity index (χ3n) is 3.01. The van der Waals surface area contributed by atoms with Gasteiger partial charge in [0.05, 0.1) is 5.69 Å². The molecule has 0 fully saturated rings. The van der Waals surface area contributed by atoms with Gasteiger partial charge >= 0.3 is 0 Å². The summed E-state index contributed by atoms with van der Waals surface area (Å²) in [4.78, 5) is 25.1. The summed E-state index contributed by atoms with van der Waals surface area (Å²) in [5, 5.41) is 2.81. The largest absolute Gasteiger partial charge is 0.481 e. The Hall–Kier alpha value is -2.30. The van der Waals surface area contributed by atoms with E-state index in [1.807, 2.05) is 13.8 Å². The monoisotopic (exact) mass is 274 g/mol. The number of carbonyl (C=O) groups is 2. The highest BCUT2D eigenvalue weighted by Gasteiger charge is 2.24. The van der Waals surface area contributed by atoms with Crippen LogP contribution < -0.4 is 15.0 Å². The Balaban J connectivity index is 2.25. The van der Waals surface area contributed by atoms with Crippen LogP contribution in [0.25, 0.3) is 0 Å². The number of hydrogen-bond acceptors (Lipinski definition) is 3. The Morgan fingerprint density at radius 2 is 2.30 bits per heavy atom. The van der Waals surface area contributed by atoms with Crippen molar-refractivity contribution in [1.29, 1.82) is 0 Å². The third-order valence-corrected chi connectivity index (χ3v) is 3.01. The van der Waals surface area contributed by atoms with Crippen LogP contribution in [0.3, 0.4) is 0 Å². The van der Waals surface area contributed by atoms with Gasteiger partial charge in [-0.15, -0.1) is 6.58 Å². The summed E-state index contributed by atoms with van der Waals surface area (Å²) in [6.45, 7) is 7.74. The fourth-order valence-corrected chi connectivity index (χ4v) is 1.90. The molecule has 2 amide bonds. The van der Waals surface area contributed by atoms with Crippen LogP contribution in [0, 0.1) is 5.92 Å². The van der Waals surface area contributed by atoms with Gasteiger partial charge in [0.15, 0.2) is 6.61 Å². The summed E-state index contributed by atoms with van der Waals surface area (Å²) in [5.74, 6) is 0.343. The molecule has 1 N–H and O–H groups in total. The number of ether oxygens (including phenoxy) is 1. The first-order valence-electron chi connectivity index (χ1n) is 6.52. The Labute approximate surface area is 118 Å². The molecule has 0 spiro atoms. The number of anilines is 2. The molecule has 0 atom stereocenters. The minimum atomic E-state index is -0.101. The SMILES string of the molecule is C=CCN1C(=O)COc2cc(NC(=O)C(C)C)ccc21. The fourth-order valence-electron chi connectivity index (χ4n) is 1.90. The Morgan fingerprint density at radius 1 is 1.55 bits per heavy atom. The predicted molar refractivity (Wildman–Crippen MR) is 78.0 cm³/mol. The first kappa shape index (κ1) is 14.1. The highest BCUT2D eigenvalue weighted by molar-refractivity contribution is 5.99. The normalized spacial score (nSPS) is 13.8. The van der Waals surface area contributed by atoms with Crippen molar-refractivity contribution < 1.29 is 14.3 Å². The van der Waals surface area contributed by atoms with Gasteiger partial charge in [-0.05, 0) is 12.1 Å². The molecule has 0 unspecified atom stereocenters. The first-order chi connectivity index (χ1) is 9.52. The Bertz CT molecular complexity index is 552. The molecular weight excluding hydrogens is 256 g/mol. The van der Waals surface area contributed by atoms with Crippen LogP contribution in [0.15, 0.2) is 30.9 Å². The Morgan fingerprint density at radius 3 is 2.95 bits per heavy atom. The van der Waals surface area contributed by atoms with Crippen molar-refractivity contribution in [2.24, 2.45) is 5.92 Å². The minimum Gasteiger partial charge on any atom is -0.481 e. The van der Waals surface area contributed by atoms with Crippen molar-refractivity contribution >= 4 is 23.2 Å². The highest BCUT2D eigenvalue weighted by Crippen LogP contribution is 2.34. The van der Waals surface area contributed by atoms with Crippen molar-refractivity contribution in [3.8, 4) is 5.75 Å². The molecule has 5 nitrogen and oxygen atoms in total. The van der Waals surface area contributed by atoms with Gasteiger partial charge in [0.1, 0.15) is 5.75 Å². The molecule has 106 valence electrons. The second-order valence-electron chi connectivity index (χ2n) is 4.91. The zero-order valence-corrected chi connectivity index (χ0v) is 11.7. The number of amides is 2. The molecule has 0 saturated carbocycles. The second-order valence-corrected chi connectivity index (χ2v) is 4.91. The maximum absolute atomic E-state index is 11.8. The summed E-state index contributed by atoms with van der Waals surface area (Å²) in [6.07, 6.45) is 1.67. The highest BCUT2D eigenvalue weighted by atomic mass is 16.5. The van der Waals surface area contributed by atoms with E-state index in [0.29, 0.717) is 23.7 Å². The number of nitrogens with zero attached hydrogens (tertiary/aromatic N) is 1. The van der Waals surface area contributed by atoms with E-state index in [4.69, 9.17) is 4.74 Å². The summed E-state index contributed by atoms with van der Waals surface area (Å²) in [6, 6.07) is 5.27. The van der Waals surface area contributed by atoms with Gasteiger partial charge in [-0.2, -0.15) is 0 Å². The van der Waals surface area contributed by atoms with Gasteiger partial charge < -0.3 is 15.0 Å². The minimum absolute atomic E-state index is 0.00240. The van der Waals surface area contributed by atoms with E-state index in [0.717, 1.165) is 0 Å². The van der Waals surface area contributed by atoms with Gasteiger partial charge in [-0.25, -0.2) is 0 Å². The lowest BCUT2D eigenvalue weighted by Crippen LogP contribution is -2.38. The van der Waals surface area contributed by atoms with Crippen LogP contribution in [-0.4, -0.2) is 25.0 Å². The molecule has 1 aliphatic heterocycles. The standard InChI is InChI=1S/C15H18N2O3/c1-4-7-17-12-6-5-11(16-15(19)10(2)3)8-13(12)20-9-14(17)18/h4-6,8,10H,1,7,9H2,2-3H3,(H,16,19). The lowest BCUT2D eigenvalue weighted by atomic mass is 10.1. The van der Waals surface area contributed by atoms with Crippen LogP contribution in [0.4, 0.5) is 11.4 Å². The number of nitrogens with one attached hydrogen (secondary N) is 1. The summed E-state index contributed by atoms with van der Waals surface area (Å²) in [7, 11) is 0. The van der Waals surface area contributed by atoms with Gasteiger partial charge in [0, 0.05) is 24.2 Å². The summed E-state index contributed by atoms with van der Waals surface area (Å²) >= 11 is 0. The molecule has 1 aromatic rings. The van der Waals surface area contributed by atoms with E-state index < -0.39 is 0 Å². The Kier molecular flexibility index (Phi) is 4.08. The van der Waals surface area contributed by atoms with Gasteiger partial charge in [0.2, 0.25) is 5.91 Å². The molecule has 0 aromatic heterocycles. The average Bonchev–Trinajstić information content (AvgIpc) is 2.42. The molecule has 0 bridgehead atoms. The van der Waals surface area contributed by atoms with Crippen LogP contribution in [-0.2, 0) is 9.59 Å². The molecule has 1 aromatic carbocycles. The molecule has 0 radical (unpaired) electrons. The summed E-state index contributed by atoms with van der Waals surface area (Å²) in [5.41, 5.74) is 1.36. The van der Waals surface area contributed by atoms with E-state index in [1.165, 1.54) is 0 Å². The maximum atomic E-state index is 11.8. The number of benzene rings is 1. The van der Waals surface area contributed by atoms with E-state index in [9.17, 15) is 9.59 Å². The molecule has 0 aliphatic carbocycles. The molecule has 1 heterocycles. The smallest absolute Gasteiger partial charge is 0.265 e. The zero-order chi connectivity index (χ0) is 14.7. The van der Waals surface area contributed by atoms with Crippen molar-refractivity contribution in [3.63, 3.8) is 0 Å². The molecular formula is C15H18N2O3. The maximum Gasteiger partial charge on any atom is 0.265 e. The van der Waals surface area contributed by atoms with Crippen molar-refractivity contribution in [3.05, 3.63) is 30.9 Å². The van der Waals surface area contributed by atoms with E-state index >= 15 is 0 Å². The molecule has 5 heteroatoms. The number of rotatable bonds is 4. The second kappa shape index (κ2) is 5.77. The molecule has 2 rings (SSSR count). The van der Waals surface area contributed by atoms with Crippen molar-refractivity contribution in [2.75, 3.05) is 23.4 Å². The molecule has 1 aliphatic rings. The average molecular weight is 274 g/mol. The van der Waals surface area contributed by atoms with E-state index in [-0.39, 0.29) is 24.3 Å². The number of hydrogen-bond donors (Lipinski definition) is 1. The number of fused-ring (bicyclic) bond motifs is 1. The molecule has 0 saturated heterocycles. The van der Waals surface area contributed by atoms with Gasteiger partial charge in [0.25, 0.3) is 5.91 Å². The number of carbonyl (C=O) groups excluding carboxylic acids is 2. The third kappa shape index (κ3) is 2.82. The predicted octanol–water partition coefficient (Wildman–Crippen LogP) is 2.19. The van der Waals surface area contributed by atoms with Crippen molar-refractivity contribution in [1.82, 2.24) is 0 Å². The summed E-state index contributed by atoms with van der Waals surface area (Å²) < 4.78 is 5.42. The van der Waals surface area contributed by atoms with Crippen LogP contribution in [0.1, 0.15) is 13.8 Å². The van der Waals surface area contributed by atoms with Crippen molar-refractivity contribution in [2.45, 2.75) is 13.8 Å². The van der Waals surface area contributed by atoms with Gasteiger partial charge in [-0.1, -0.05) is 19.9 Å². The van der Waals surface area contributed by atoms with E-state index in [2.05, 4.69) is 11.9 Å². The van der Waals surface area contributed by atoms with E-state index in [1.54, 1.807) is 29.2 Å². The van der Waals surface area contributed by atoms with Gasteiger partial charge in [-0.3, -0.25) is 9.59 Å². The van der Waals surface area contributed by atoms with Crippen LogP contribution >= 0.6 is 0 Å². The fraction of sp³-hybridized carbons (Fsp3) is 0.333.